The number of hydrogen-bond donors (Lipinski definition) is 1. The van der Waals surface area contributed by atoms with Gasteiger partial charge < -0.3 is 4.74 Å². The molecule has 0 spiro atoms. The van der Waals surface area contributed by atoms with E-state index >= 15 is 0 Å². The Balaban J connectivity index is 1.76. The van der Waals surface area contributed by atoms with Gasteiger partial charge in [0.2, 0.25) is 11.8 Å². The minimum atomic E-state index is -0.709. The summed E-state index contributed by atoms with van der Waals surface area (Å²) in [5, 5.41) is 11.0. The molecule has 1 aliphatic heterocycles. The van der Waals surface area contributed by atoms with Gasteiger partial charge in [-0.3, -0.25) is 19.7 Å². The fraction of sp³-hybridized carbons (Fsp3) is 0.150. The first kappa shape index (κ1) is 20.1. The number of imide groups is 1. The van der Waals surface area contributed by atoms with E-state index in [1.807, 2.05) is 6.07 Å². The standard InChI is InChI=1S/C20H16N4O4S/c1-13(25)28-16-9-7-15(8-10-16)24-18(26)11-17(19(24)27)29-20(22-12-21)23-14-5-3-2-4-6-14/h2-10,17H,11H2,1H3,(H,22,23). The first-order valence-electron chi connectivity index (χ1n) is 8.58. The van der Waals surface area contributed by atoms with E-state index in [0.29, 0.717) is 17.1 Å². The van der Waals surface area contributed by atoms with E-state index in [2.05, 4.69) is 10.3 Å². The van der Waals surface area contributed by atoms with Gasteiger partial charge in [-0.2, -0.15) is 5.26 Å². The van der Waals surface area contributed by atoms with Crippen molar-refractivity contribution in [3.8, 4) is 11.9 Å². The van der Waals surface area contributed by atoms with Gasteiger partial charge in [-0.15, -0.1) is 0 Å². The number of rotatable bonds is 4. The molecule has 3 rings (SSSR count). The van der Waals surface area contributed by atoms with Crippen LogP contribution in [0.25, 0.3) is 0 Å². The molecular formula is C20H16N4O4S. The summed E-state index contributed by atoms with van der Waals surface area (Å²) in [5.41, 5.74) is 1.00. The van der Waals surface area contributed by atoms with E-state index in [-0.39, 0.29) is 17.5 Å². The van der Waals surface area contributed by atoms with Crippen LogP contribution in [0.1, 0.15) is 13.3 Å². The molecule has 1 unspecified atom stereocenters. The largest absolute Gasteiger partial charge is 0.427 e. The van der Waals surface area contributed by atoms with Crippen LogP contribution in [0, 0.1) is 11.5 Å². The number of thioether (sulfide) groups is 1. The topological polar surface area (TPSA) is 112 Å². The molecule has 1 saturated heterocycles. The van der Waals surface area contributed by atoms with Gasteiger partial charge in [0.05, 0.1) is 11.4 Å². The smallest absolute Gasteiger partial charge is 0.308 e. The lowest BCUT2D eigenvalue weighted by Gasteiger charge is -2.15. The highest BCUT2D eigenvalue weighted by molar-refractivity contribution is 8.15. The van der Waals surface area contributed by atoms with Crippen LogP contribution in [0.4, 0.5) is 11.4 Å². The molecule has 8 nitrogen and oxygen atoms in total. The predicted molar refractivity (Wildman–Crippen MR) is 109 cm³/mol. The molecule has 29 heavy (non-hydrogen) atoms. The number of para-hydroxylation sites is 1. The monoisotopic (exact) mass is 408 g/mol. The molecule has 1 atom stereocenters. The van der Waals surface area contributed by atoms with Crippen LogP contribution < -0.4 is 15.0 Å². The highest BCUT2D eigenvalue weighted by Crippen LogP contribution is 2.31. The van der Waals surface area contributed by atoms with Crippen LogP contribution in [-0.4, -0.2) is 28.2 Å². The van der Waals surface area contributed by atoms with Crippen LogP contribution in [0.5, 0.6) is 5.75 Å². The maximum Gasteiger partial charge on any atom is 0.308 e. The Hall–Kier alpha value is -3.64. The molecule has 2 aromatic carbocycles. The van der Waals surface area contributed by atoms with Crippen LogP contribution >= 0.6 is 11.8 Å². The highest BCUT2D eigenvalue weighted by atomic mass is 32.2. The number of hydrogen-bond acceptors (Lipinski definition) is 7. The summed E-state index contributed by atoms with van der Waals surface area (Å²) in [5.74, 6) is -0.899. The third-order valence-electron chi connectivity index (χ3n) is 3.87. The molecular weight excluding hydrogens is 392 g/mol. The summed E-state index contributed by atoms with van der Waals surface area (Å²) in [6, 6.07) is 15.1. The summed E-state index contributed by atoms with van der Waals surface area (Å²) in [7, 11) is 0. The van der Waals surface area contributed by atoms with Gasteiger partial charge in [0, 0.05) is 13.3 Å². The second-order valence-corrected chi connectivity index (χ2v) is 7.15. The molecule has 9 heteroatoms. The van der Waals surface area contributed by atoms with E-state index in [0.717, 1.165) is 16.7 Å². The van der Waals surface area contributed by atoms with Crippen molar-refractivity contribution in [1.29, 1.82) is 5.26 Å². The number of anilines is 1. The Labute approximate surface area is 171 Å². The number of nitriles is 1. The summed E-state index contributed by atoms with van der Waals surface area (Å²) in [6.07, 6.45) is 1.78. The summed E-state index contributed by atoms with van der Waals surface area (Å²) in [6.45, 7) is 1.28. The van der Waals surface area contributed by atoms with Crippen LogP contribution in [-0.2, 0) is 14.4 Å². The van der Waals surface area contributed by atoms with E-state index in [4.69, 9.17) is 10.00 Å². The van der Waals surface area contributed by atoms with Crippen molar-refractivity contribution < 1.29 is 19.1 Å². The first-order chi connectivity index (χ1) is 14.0. The van der Waals surface area contributed by atoms with Crippen LogP contribution in [0.15, 0.2) is 59.6 Å². The van der Waals surface area contributed by atoms with E-state index in [1.165, 1.54) is 31.2 Å². The third-order valence-corrected chi connectivity index (χ3v) is 4.93. The molecule has 0 radical (unpaired) electrons. The lowest BCUT2D eigenvalue weighted by atomic mass is 10.3. The van der Waals surface area contributed by atoms with Crippen molar-refractivity contribution >= 4 is 46.1 Å². The molecule has 2 aromatic rings. The summed E-state index contributed by atoms with van der Waals surface area (Å²) in [4.78, 5) is 41.7. The zero-order valence-electron chi connectivity index (χ0n) is 15.4. The quantitative estimate of drug-likeness (QED) is 0.157. The Morgan fingerprint density at radius 3 is 2.52 bits per heavy atom. The van der Waals surface area contributed by atoms with Crippen molar-refractivity contribution in [2.24, 2.45) is 4.99 Å². The van der Waals surface area contributed by atoms with Gasteiger partial charge >= 0.3 is 5.97 Å². The Morgan fingerprint density at radius 2 is 1.90 bits per heavy atom. The second-order valence-electron chi connectivity index (χ2n) is 5.95. The second kappa shape index (κ2) is 9.03. The summed E-state index contributed by atoms with van der Waals surface area (Å²) < 4.78 is 4.96. The lowest BCUT2D eigenvalue weighted by Crippen LogP contribution is -2.32. The SMILES string of the molecule is CC(=O)Oc1ccc(N2C(=O)CC(SC(=Nc3ccccc3)NC#N)C2=O)cc1. The van der Waals surface area contributed by atoms with Gasteiger partial charge in [0.15, 0.2) is 11.4 Å². The molecule has 1 N–H and O–H groups in total. The maximum atomic E-state index is 12.8. The number of carbonyl (C=O) groups excluding carboxylic acids is 3. The van der Waals surface area contributed by atoms with Crippen molar-refractivity contribution in [2.75, 3.05) is 4.90 Å². The lowest BCUT2D eigenvalue weighted by molar-refractivity contribution is -0.132. The number of nitrogens with zero attached hydrogens (tertiary/aromatic N) is 3. The maximum absolute atomic E-state index is 12.8. The summed E-state index contributed by atoms with van der Waals surface area (Å²) >= 11 is 1.03. The van der Waals surface area contributed by atoms with Gasteiger partial charge in [0.25, 0.3) is 0 Å². The molecule has 1 heterocycles. The molecule has 0 aromatic heterocycles. The van der Waals surface area contributed by atoms with Gasteiger partial charge in [-0.05, 0) is 36.4 Å². The predicted octanol–water partition coefficient (Wildman–Crippen LogP) is 2.74. The Morgan fingerprint density at radius 1 is 1.21 bits per heavy atom. The number of benzene rings is 2. The van der Waals surface area contributed by atoms with Gasteiger partial charge in [0.1, 0.15) is 11.0 Å². The average molecular weight is 408 g/mol. The number of amidine groups is 1. The zero-order chi connectivity index (χ0) is 20.8. The molecule has 0 aliphatic carbocycles. The number of esters is 1. The normalized spacial score (nSPS) is 16.5. The molecule has 0 saturated carbocycles. The van der Waals surface area contributed by atoms with Crippen molar-refractivity contribution in [2.45, 2.75) is 18.6 Å². The molecule has 1 aliphatic rings. The number of carbonyl (C=O) groups is 3. The fourth-order valence-electron chi connectivity index (χ4n) is 2.68. The number of amides is 2. The van der Waals surface area contributed by atoms with E-state index in [9.17, 15) is 14.4 Å². The van der Waals surface area contributed by atoms with Crippen molar-refractivity contribution in [3.05, 3.63) is 54.6 Å². The minimum absolute atomic E-state index is 0.0177. The zero-order valence-corrected chi connectivity index (χ0v) is 16.2. The van der Waals surface area contributed by atoms with Gasteiger partial charge in [-0.1, -0.05) is 30.0 Å². The number of ether oxygens (including phenoxy) is 1. The van der Waals surface area contributed by atoms with E-state index in [1.54, 1.807) is 30.5 Å². The third kappa shape index (κ3) is 5.00. The molecule has 2 amide bonds. The number of aliphatic imine (C=N–C) groups is 1. The van der Waals surface area contributed by atoms with Crippen LogP contribution in [0.2, 0.25) is 0 Å². The van der Waals surface area contributed by atoms with Gasteiger partial charge in [-0.25, -0.2) is 9.89 Å². The molecule has 1 fully saturated rings. The Kier molecular flexibility index (Phi) is 6.26. The van der Waals surface area contributed by atoms with Crippen molar-refractivity contribution in [1.82, 2.24) is 5.32 Å². The first-order valence-corrected chi connectivity index (χ1v) is 9.46. The molecule has 0 bridgehead atoms. The van der Waals surface area contributed by atoms with Crippen LogP contribution in [0.3, 0.4) is 0 Å². The average Bonchev–Trinajstić information content (AvgIpc) is 2.96. The highest BCUT2D eigenvalue weighted by Gasteiger charge is 2.40. The Bertz CT molecular complexity index is 999. The van der Waals surface area contributed by atoms with E-state index < -0.39 is 17.1 Å². The van der Waals surface area contributed by atoms with Crippen molar-refractivity contribution in [3.63, 3.8) is 0 Å². The molecule has 146 valence electrons. The fourth-order valence-corrected chi connectivity index (χ4v) is 3.65. The number of nitrogens with one attached hydrogen (secondary N) is 1. The minimum Gasteiger partial charge on any atom is -0.427 e.